The SMILES string of the molecule is CN=C(NCCCc1ccccc1)NCCC(=O)N1CCN(c2ccccc2)CC1.I. The van der Waals surface area contributed by atoms with Crippen molar-refractivity contribution in [2.75, 3.05) is 51.2 Å². The van der Waals surface area contributed by atoms with E-state index < -0.39 is 0 Å². The second-order valence-corrected chi connectivity index (χ2v) is 7.47. The molecule has 31 heavy (non-hydrogen) atoms. The number of nitrogens with zero attached hydrogens (tertiary/aromatic N) is 3. The zero-order chi connectivity index (χ0) is 21.0. The van der Waals surface area contributed by atoms with Gasteiger partial charge in [0, 0.05) is 58.4 Å². The lowest BCUT2D eigenvalue weighted by molar-refractivity contribution is -0.131. The van der Waals surface area contributed by atoms with Crippen LogP contribution in [0.2, 0.25) is 0 Å². The molecule has 6 nitrogen and oxygen atoms in total. The number of benzene rings is 2. The number of anilines is 1. The number of aryl methyl sites for hydroxylation is 1. The van der Waals surface area contributed by atoms with Crippen LogP contribution in [0.1, 0.15) is 18.4 Å². The summed E-state index contributed by atoms with van der Waals surface area (Å²) in [5.74, 6) is 0.958. The molecular weight excluding hydrogens is 501 g/mol. The summed E-state index contributed by atoms with van der Waals surface area (Å²) in [6.07, 6.45) is 2.56. The molecule has 1 saturated heterocycles. The summed E-state index contributed by atoms with van der Waals surface area (Å²) in [6.45, 7) is 4.77. The van der Waals surface area contributed by atoms with E-state index in [1.165, 1.54) is 11.3 Å². The second-order valence-electron chi connectivity index (χ2n) is 7.47. The predicted octanol–water partition coefficient (Wildman–Crippen LogP) is 3.14. The van der Waals surface area contributed by atoms with Gasteiger partial charge in [0.1, 0.15) is 0 Å². The lowest BCUT2D eigenvalue weighted by Gasteiger charge is -2.36. The molecule has 2 N–H and O–H groups in total. The third-order valence-electron chi connectivity index (χ3n) is 5.39. The maximum Gasteiger partial charge on any atom is 0.224 e. The van der Waals surface area contributed by atoms with Gasteiger partial charge in [0.15, 0.2) is 5.96 Å². The van der Waals surface area contributed by atoms with Gasteiger partial charge in [0.05, 0.1) is 0 Å². The second kappa shape index (κ2) is 13.9. The highest BCUT2D eigenvalue weighted by atomic mass is 127. The first-order chi connectivity index (χ1) is 14.8. The maximum atomic E-state index is 12.5. The summed E-state index contributed by atoms with van der Waals surface area (Å²) in [4.78, 5) is 21.1. The Morgan fingerprint density at radius 3 is 2.16 bits per heavy atom. The Morgan fingerprint density at radius 2 is 1.52 bits per heavy atom. The smallest absolute Gasteiger partial charge is 0.224 e. The topological polar surface area (TPSA) is 60.0 Å². The molecule has 168 valence electrons. The minimum absolute atomic E-state index is 0. The van der Waals surface area contributed by atoms with Crippen molar-refractivity contribution < 1.29 is 4.79 Å². The Morgan fingerprint density at radius 1 is 0.903 bits per heavy atom. The van der Waals surface area contributed by atoms with Crippen LogP contribution in [0.15, 0.2) is 65.7 Å². The molecule has 0 aliphatic carbocycles. The predicted molar refractivity (Wildman–Crippen MR) is 139 cm³/mol. The van der Waals surface area contributed by atoms with Gasteiger partial charge >= 0.3 is 0 Å². The van der Waals surface area contributed by atoms with Gasteiger partial charge in [-0.15, -0.1) is 24.0 Å². The van der Waals surface area contributed by atoms with Crippen LogP contribution in [0.3, 0.4) is 0 Å². The van der Waals surface area contributed by atoms with E-state index in [0.717, 1.165) is 51.5 Å². The highest BCUT2D eigenvalue weighted by molar-refractivity contribution is 14.0. The fourth-order valence-electron chi connectivity index (χ4n) is 3.66. The van der Waals surface area contributed by atoms with Gasteiger partial charge in [-0.05, 0) is 30.5 Å². The Balaban J connectivity index is 0.00000341. The molecule has 0 saturated carbocycles. The standard InChI is InChI=1S/C24H33N5O.HI/c1-25-24(26-15-8-11-21-9-4-2-5-10-21)27-16-14-23(30)29-19-17-28(18-20-29)22-12-6-3-7-13-22;/h2-7,9-10,12-13H,8,11,14-20H2,1H3,(H2,25,26,27);1H. The van der Waals surface area contributed by atoms with E-state index in [1.54, 1.807) is 7.05 Å². The number of guanidine groups is 1. The van der Waals surface area contributed by atoms with Crippen molar-refractivity contribution in [2.45, 2.75) is 19.3 Å². The first kappa shape index (κ1) is 25.0. The zero-order valence-corrected chi connectivity index (χ0v) is 20.6. The van der Waals surface area contributed by atoms with Gasteiger partial charge in [0.2, 0.25) is 5.91 Å². The number of para-hydroxylation sites is 1. The number of aliphatic imine (C=N–C) groups is 1. The summed E-state index contributed by atoms with van der Waals surface area (Å²) < 4.78 is 0. The van der Waals surface area contributed by atoms with Crippen LogP contribution in [0.25, 0.3) is 0 Å². The number of rotatable bonds is 8. The Kier molecular flexibility index (Phi) is 11.2. The van der Waals surface area contributed by atoms with Gasteiger partial charge in [-0.2, -0.15) is 0 Å². The van der Waals surface area contributed by atoms with Crippen LogP contribution in [0.5, 0.6) is 0 Å². The molecule has 0 bridgehead atoms. The third-order valence-corrected chi connectivity index (χ3v) is 5.39. The molecule has 0 aromatic heterocycles. The van der Waals surface area contributed by atoms with Crippen LogP contribution >= 0.6 is 24.0 Å². The summed E-state index contributed by atoms with van der Waals surface area (Å²) in [6, 6.07) is 20.9. The molecular formula is C24H34IN5O. The van der Waals surface area contributed by atoms with Crippen molar-refractivity contribution >= 4 is 41.5 Å². The van der Waals surface area contributed by atoms with Gasteiger partial charge in [0.25, 0.3) is 0 Å². The molecule has 1 heterocycles. The molecule has 2 aromatic rings. The number of nitrogens with one attached hydrogen (secondary N) is 2. The third kappa shape index (κ3) is 8.40. The average molecular weight is 535 g/mol. The minimum Gasteiger partial charge on any atom is -0.368 e. The van der Waals surface area contributed by atoms with Crippen molar-refractivity contribution in [1.82, 2.24) is 15.5 Å². The number of carbonyl (C=O) groups is 1. The normalized spacial score (nSPS) is 14.0. The summed E-state index contributed by atoms with van der Waals surface area (Å²) in [7, 11) is 1.76. The monoisotopic (exact) mass is 535 g/mol. The molecule has 1 aliphatic rings. The highest BCUT2D eigenvalue weighted by Crippen LogP contribution is 2.15. The Labute approximate surface area is 203 Å². The molecule has 0 unspecified atom stereocenters. The van der Waals surface area contributed by atoms with Crippen molar-refractivity contribution in [3.63, 3.8) is 0 Å². The minimum atomic E-state index is 0. The molecule has 1 fully saturated rings. The van der Waals surface area contributed by atoms with Gasteiger partial charge in [-0.25, -0.2) is 0 Å². The number of carbonyl (C=O) groups excluding carboxylic acids is 1. The Hall–Kier alpha value is -2.29. The van der Waals surface area contributed by atoms with Crippen LogP contribution in [0.4, 0.5) is 5.69 Å². The number of piperazine rings is 1. The first-order valence-electron chi connectivity index (χ1n) is 10.8. The van der Waals surface area contributed by atoms with Gasteiger partial charge < -0.3 is 20.4 Å². The van der Waals surface area contributed by atoms with Crippen LogP contribution in [-0.4, -0.2) is 63.1 Å². The van der Waals surface area contributed by atoms with Gasteiger partial charge in [-0.1, -0.05) is 48.5 Å². The van der Waals surface area contributed by atoms with E-state index in [2.05, 4.69) is 69.1 Å². The lowest BCUT2D eigenvalue weighted by Crippen LogP contribution is -2.49. The van der Waals surface area contributed by atoms with Crippen molar-refractivity contribution in [3.8, 4) is 0 Å². The maximum absolute atomic E-state index is 12.5. The summed E-state index contributed by atoms with van der Waals surface area (Å²) >= 11 is 0. The lowest BCUT2D eigenvalue weighted by atomic mass is 10.1. The molecule has 0 radical (unpaired) electrons. The fraction of sp³-hybridized carbons (Fsp3) is 0.417. The molecule has 0 spiro atoms. The Bertz CT molecular complexity index is 792. The molecule has 1 amide bonds. The van der Waals surface area contributed by atoms with Crippen molar-refractivity contribution in [1.29, 1.82) is 0 Å². The van der Waals surface area contributed by atoms with E-state index >= 15 is 0 Å². The number of hydrogen-bond acceptors (Lipinski definition) is 3. The first-order valence-corrected chi connectivity index (χ1v) is 10.8. The van der Waals surface area contributed by atoms with Crippen molar-refractivity contribution in [3.05, 3.63) is 66.2 Å². The van der Waals surface area contributed by atoms with Gasteiger partial charge in [-0.3, -0.25) is 9.79 Å². The molecule has 0 atom stereocenters. The summed E-state index contributed by atoms with van der Waals surface area (Å²) in [5.41, 5.74) is 2.58. The number of hydrogen-bond donors (Lipinski definition) is 2. The fourth-order valence-corrected chi connectivity index (χ4v) is 3.66. The number of halogens is 1. The van der Waals surface area contributed by atoms with Crippen LogP contribution < -0.4 is 15.5 Å². The number of amides is 1. The van der Waals surface area contributed by atoms with E-state index in [-0.39, 0.29) is 29.9 Å². The summed E-state index contributed by atoms with van der Waals surface area (Å²) in [5, 5.41) is 6.58. The quantitative estimate of drug-likeness (QED) is 0.236. The van der Waals surface area contributed by atoms with Crippen LogP contribution in [0, 0.1) is 0 Å². The highest BCUT2D eigenvalue weighted by Gasteiger charge is 2.20. The van der Waals surface area contributed by atoms with E-state index in [9.17, 15) is 4.79 Å². The molecule has 1 aliphatic heterocycles. The van der Waals surface area contributed by atoms with Crippen molar-refractivity contribution in [2.24, 2.45) is 4.99 Å². The van der Waals surface area contributed by atoms with E-state index in [0.29, 0.717) is 13.0 Å². The average Bonchev–Trinajstić information content (AvgIpc) is 2.82. The largest absolute Gasteiger partial charge is 0.368 e. The van der Waals surface area contributed by atoms with Crippen LogP contribution in [-0.2, 0) is 11.2 Å². The van der Waals surface area contributed by atoms with E-state index in [4.69, 9.17) is 0 Å². The van der Waals surface area contributed by atoms with E-state index in [1.807, 2.05) is 17.0 Å². The molecule has 3 rings (SSSR count). The molecule has 7 heteroatoms. The zero-order valence-electron chi connectivity index (χ0n) is 18.3. The molecule has 2 aromatic carbocycles.